The van der Waals surface area contributed by atoms with Crippen molar-refractivity contribution in [2.24, 2.45) is 0 Å². The highest BCUT2D eigenvalue weighted by atomic mass is 19.4. The number of hydrogen-bond donors (Lipinski definition) is 3. The summed E-state index contributed by atoms with van der Waals surface area (Å²) in [5, 5.41) is 13.0. The number of phenolic OH excluding ortho intramolecular Hbond substituents is 1. The van der Waals surface area contributed by atoms with Crippen LogP contribution in [0.5, 0.6) is 5.75 Å². The molecule has 0 saturated heterocycles. The zero-order chi connectivity index (χ0) is 20.3. The summed E-state index contributed by atoms with van der Waals surface area (Å²) in [5.41, 5.74) is 3.79. The summed E-state index contributed by atoms with van der Waals surface area (Å²) in [4.78, 5) is 24.0. The first kappa shape index (κ1) is 19.0. The molecule has 1 heterocycles. The average molecular weight is 390 g/mol. The van der Waals surface area contributed by atoms with Gasteiger partial charge in [-0.05, 0) is 42.5 Å². The molecular weight excluding hydrogens is 377 g/mol. The van der Waals surface area contributed by atoms with Crippen LogP contribution in [0.15, 0.2) is 60.8 Å². The van der Waals surface area contributed by atoms with Crippen LogP contribution in [0.4, 0.5) is 13.2 Å². The number of amides is 2. The van der Waals surface area contributed by atoms with Crippen molar-refractivity contribution in [3.8, 4) is 11.4 Å². The highest BCUT2D eigenvalue weighted by Gasteiger charge is 2.33. The summed E-state index contributed by atoms with van der Waals surface area (Å²) >= 11 is 0. The zero-order valence-corrected chi connectivity index (χ0v) is 14.1. The maximum absolute atomic E-state index is 12.6. The standard InChI is InChI=1S/C18H13F3N4O3/c19-18(20,21)15-9-10-25(24-15)12-7-5-11(6-8-12)16(27)22-23-17(28)13-3-1-2-4-14(13)26/h1-10,26H,(H,22,27)(H,23,28). The molecule has 0 spiro atoms. The molecule has 2 amide bonds. The van der Waals surface area contributed by atoms with E-state index in [1.165, 1.54) is 36.4 Å². The van der Waals surface area contributed by atoms with Crippen LogP contribution >= 0.6 is 0 Å². The van der Waals surface area contributed by atoms with Crippen LogP contribution in [-0.4, -0.2) is 26.7 Å². The second-order valence-electron chi connectivity index (χ2n) is 5.62. The fourth-order valence-electron chi connectivity index (χ4n) is 2.30. The minimum absolute atomic E-state index is 0.0164. The molecule has 1 aromatic heterocycles. The highest BCUT2D eigenvalue weighted by Crippen LogP contribution is 2.27. The molecule has 0 bridgehead atoms. The van der Waals surface area contributed by atoms with Gasteiger partial charge in [0.05, 0.1) is 11.3 Å². The van der Waals surface area contributed by atoms with Crippen LogP contribution in [0.3, 0.4) is 0 Å². The summed E-state index contributed by atoms with van der Waals surface area (Å²) in [5.74, 6) is -1.60. The Balaban J connectivity index is 1.65. The molecule has 7 nitrogen and oxygen atoms in total. The van der Waals surface area contributed by atoms with Crippen molar-refractivity contribution in [3.05, 3.63) is 77.6 Å². The Labute approximate surface area is 156 Å². The lowest BCUT2D eigenvalue weighted by molar-refractivity contribution is -0.141. The fraction of sp³-hybridized carbons (Fsp3) is 0.0556. The van der Waals surface area contributed by atoms with E-state index in [-0.39, 0.29) is 16.9 Å². The third-order valence-corrected chi connectivity index (χ3v) is 3.71. The number of phenols is 1. The van der Waals surface area contributed by atoms with Crippen molar-refractivity contribution in [1.29, 1.82) is 0 Å². The molecule has 0 fully saturated rings. The van der Waals surface area contributed by atoms with Crippen molar-refractivity contribution in [1.82, 2.24) is 20.6 Å². The maximum atomic E-state index is 12.6. The molecule has 0 unspecified atom stereocenters. The first-order valence-corrected chi connectivity index (χ1v) is 7.87. The van der Waals surface area contributed by atoms with Gasteiger partial charge in [-0.3, -0.25) is 20.4 Å². The first-order chi connectivity index (χ1) is 13.3. The van der Waals surface area contributed by atoms with Crippen molar-refractivity contribution in [2.75, 3.05) is 0 Å². The van der Waals surface area contributed by atoms with Gasteiger partial charge in [0.15, 0.2) is 5.69 Å². The van der Waals surface area contributed by atoms with Gasteiger partial charge < -0.3 is 5.11 Å². The minimum atomic E-state index is -4.55. The topological polar surface area (TPSA) is 96.3 Å². The number of rotatable bonds is 3. The Morgan fingerprint density at radius 2 is 1.57 bits per heavy atom. The Hall–Kier alpha value is -3.82. The molecule has 0 aliphatic rings. The third kappa shape index (κ3) is 4.11. The van der Waals surface area contributed by atoms with Crippen molar-refractivity contribution >= 4 is 11.8 Å². The molecule has 0 aliphatic heterocycles. The molecule has 0 radical (unpaired) electrons. The molecule has 3 rings (SSSR count). The summed E-state index contributed by atoms with van der Waals surface area (Å²) in [7, 11) is 0. The van der Waals surface area contributed by atoms with Crippen molar-refractivity contribution in [2.45, 2.75) is 6.18 Å². The lowest BCUT2D eigenvalue weighted by Gasteiger charge is -2.09. The number of alkyl halides is 3. The van der Waals surface area contributed by atoms with Crippen LogP contribution in [0, 0.1) is 0 Å². The van der Waals surface area contributed by atoms with Crippen molar-refractivity contribution in [3.63, 3.8) is 0 Å². The summed E-state index contributed by atoms with van der Waals surface area (Å²) in [6, 6.07) is 12.2. The average Bonchev–Trinajstić information content (AvgIpc) is 3.17. The molecule has 0 atom stereocenters. The molecule has 3 N–H and O–H groups in total. The number of carbonyl (C=O) groups is 2. The normalized spacial score (nSPS) is 11.1. The summed E-state index contributed by atoms with van der Waals surface area (Å²) in [6.45, 7) is 0. The Morgan fingerprint density at radius 3 is 2.18 bits per heavy atom. The van der Waals surface area contributed by atoms with Gasteiger partial charge in [0.25, 0.3) is 11.8 Å². The van der Waals surface area contributed by atoms with Crippen LogP contribution in [0.25, 0.3) is 5.69 Å². The van der Waals surface area contributed by atoms with Crippen LogP contribution in [0.1, 0.15) is 26.4 Å². The third-order valence-electron chi connectivity index (χ3n) is 3.71. The Morgan fingerprint density at radius 1 is 0.929 bits per heavy atom. The van der Waals surface area contributed by atoms with E-state index in [0.29, 0.717) is 5.69 Å². The van der Waals surface area contributed by atoms with Gasteiger partial charge in [0.1, 0.15) is 5.75 Å². The van der Waals surface area contributed by atoms with Gasteiger partial charge >= 0.3 is 6.18 Å². The van der Waals surface area contributed by atoms with E-state index >= 15 is 0 Å². The number of halogens is 3. The number of hydrogen-bond acceptors (Lipinski definition) is 4. The fourth-order valence-corrected chi connectivity index (χ4v) is 2.30. The highest BCUT2D eigenvalue weighted by molar-refractivity contribution is 6.00. The molecule has 2 aromatic carbocycles. The molecule has 3 aromatic rings. The van der Waals surface area contributed by atoms with Crippen LogP contribution in [-0.2, 0) is 6.18 Å². The molecule has 0 aliphatic carbocycles. The quantitative estimate of drug-likeness (QED) is 0.599. The number of nitrogens with zero attached hydrogens (tertiary/aromatic N) is 2. The predicted octanol–water partition coefficient (Wildman–Crippen LogP) is 2.67. The van der Waals surface area contributed by atoms with E-state index in [9.17, 15) is 27.9 Å². The monoisotopic (exact) mass is 390 g/mol. The molecule has 144 valence electrons. The molecular formula is C18H13F3N4O3. The lowest BCUT2D eigenvalue weighted by Crippen LogP contribution is -2.41. The van der Waals surface area contributed by atoms with Gasteiger partial charge in [-0.25, -0.2) is 4.68 Å². The minimum Gasteiger partial charge on any atom is -0.507 e. The number of benzene rings is 2. The van der Waals surface area contributed by atoms with E-state index in [4.69, 9.17) is 0 Å². The number of aromatic nitrogens is 2. The van der Waals surface area contributed by atoms with Gasteiger partial charge in [-0.15, -0.1) is 0 Å². The molecule has 10 heteroatoms. The summed E-state index contributed by atoms with van der Waals surface area (Å²) in [6.07, 6.45) is -3.39. The molecule has 0 saturated carbocycles. The van der Waals surface area contributed by atoms with Crippen molar-refractivity contribution < 1.29 is 27.9 Å². The summed E-state index contributed by atoms with van der Waals surface area (Å²) < 4.78 is 38.8. The van der Waals surface area contributed by atoms with Crippen LogP contribution in [0.2, 0.25) is 0 Å². The Kier molecular flexibility index (Phi) is 5.03. The van der Waals surface area contributed by atoms with Gasteiger partial charge in [0.2, 0.25) is 0 Å². The zero-order valence-electron chi connectivity index (χ0n) is 14.1. The predicted molar refractivity (Wildman–Crippen MR) is 91.6 cm³/mol. The number of aromatic hydroxyl groups is 1. The Bertz CT molecular complexity index is 1010. The van der Waals surface area contributed by atoms with Crippen LogP contribution < -0.4 is 10.9 Å². The maximum Gasteiger partial charge on any atom is 0.435 e. The van der Waals surface area contributed by atoms with E-state index in [2.05, 4.69) is 16.0 Å². The van der Waals surface area contributed by atoms with E-state index < -0.39 is 23.7 Å². The number of carbonyl (C=O) groups excluding carboxylic acids is 2. The second kappa shape index (κ2) is 7.43. The largest absolute Gasteiger partial charge is 0.507 e. The number of nitrogens with one attached hydrogen (secondary N) is 2. The number of hydrazine groups is 1. The lowest BCUT2D eigenvalue weighted by atomic mass is 10.2. The smallest absolute Gasteiger partial charge is 0.435 e. The second-order valence-corrected chi connectivity index (χ2v) is 5.62. The van der Waals surface area contributed by atoms with Gasteiger partial charge in [-0.2, -0.15) is 18.3 Å². The first-order valence-electron chi connectivity index (χ1n) is 7.87. The van der Waals surface area contributed by atoms with E-state index in [0.717, 1.165) is 16.9 Å². The SMILES string of the molecule is O=C(NNC(=O)c1ccccc1O)c1ccc(-n2ccc(C(F)(F)F)n2)cc1. The number of para-hydroxylation sites is 1. The van der Waals surface area contributed by atoms with E-state index in [1.807, 2.05) is 0 Å². The van der Waals surface area contributed by atoms with Gasteiger partial charge in [0, 0.05) is 11.8 Å². The van der Waals surface area contributed by atoms with E-state index in [1.54, 1.807) is 12.1 Å². The van der Waals surface area contributed by atoms with Gasteiger partial charge in [-0.1, -0.05) is 12.1 Å². The molecule has 28 heavy (non-hydrogen) atoms.